The van der Waals surface area contributed by atoms with Crippen LogP contribution in [0.2, 0.25) is 0 Å². The third-order valence-electron chi connectivity index (χ3n) is 3.50. The van der Waals surface area contributed by atoms with Gasteiger partial charge in [-0.3, -0.25) is 4.90 Å². The van der Waals surface area contributed by atoms with Gasteiger partial charge in [-0.15, -0.1) is 0 Å². The van der Waals surface area contributed by atoms with Crippen LogP contribution in [0.15, 0.2) is 24.3 Å². The predicted molar refractivity (Wildman–Crippen MR) is 81.1 cm³/mol. The first-order valence-corrected chi connectivity index (χ1v) is 7.63. The van der Waals surface area contributed by atoms with Gasteiger partial charge in [0.1, 0.15) is 0 Å². The topological polar surface area (TPSA) is 15.3 Å². The summed E-state index contributed by atoms with van der Waals surface area (Å²) >= 11 is 4.19. The molecule has 0 radical (unpaired) electrons. The van der Waals surface area contributed by atoms with Crippen LogP contribution in [0.25, 0.3) is 0 Å². The SMILES string of the molecule is SCCNCc1ccc(CN2CCCCC2)cc1. The van der Waals surface area contributed by atoms with Crippen molar-refractivity contribution in [3.05, 3.63) is 35.4 Å². The van der Waals surface area contributed by atoms with Gasteiger partial charge in [-0.25, -0.2) is 0 Å². The van der Waals surface area contributed by atoms with Crippen LogP contribution < -0.4 is 5.32 Å². The highest BCUT2D eigenvalue weighted by Crippen LogP contribution is 2.13. The van der Waals surface area contributed by atoms with E-state index in [-0.39, 0.29) is 0 Å². The molecule has 0 atom stereocenters. The number of nitrogens with one attached hydrogen (secondary N) is 1. The third kappa shape index (κ3) is 4.63. The van der Waals surface area contributed by atoms with Crippen molar-refractivity contribution in [2.24, 2.45) is 0 Å². The molecule has 3 heteroatoms. The zero-order chi connectivity index (χ0) is 12.6. The average molecular weight is 264 g/mol. The minimum atomic E-state index is 0.896. The van der Waals surface area contributed by atoms with Crippen LogP contribution in [-0.2, 0) is 13.1 Å². The largest absolute Gasteiger partial charge is 0.312 e. The third-order valence-corrected chi connectivity index (χ3v) is 3.72. The van der Waals surface area contributed by atoms with Crippen LogP contribution in [0.3, 0.4) is 0 Å². The molecule has 0 unspecified atom stereocenters. The van der Waals surface area contributed by atoms with Gasteiger partial charge in [0.25, 0.3) is 0 Å². The molecule has 1 saturated heterocycles. The molecule has 1 aliphatic rings. The molecule has 0 bridgehead atoms. The molecule has 1 aliphatic heterocycles. The van der Waals surface area contributed by atoms with E-state index in [0.29, 0.717) is 0 Å². The van der Waals surface area contributed by atoms with E-state index in [1.165, 1.54) is 43.5 Å². The summed E-state index contributed by atoms with van der Waals surface area (Å²) < 4.78 is 0. The second-order valence-corrected chi connectivity index (χ2v) is 5.50. The van der Waals surface area contributed by atoms with E-state index in [4.69, 9.17) is 0 Å². The van der Waals surface area contributed by atoms with Gasteiger partial charge in [-0.1, -0.05) is 30.7 Å². The molecule has 18 heavy (non-hydrogen) atoms. The summed E-state index contributed by atoms with van der Waals surface area (Å²) in [6.07, 6.45) is 4.14. The molecule has 0 saturated carbocycles. The van der Waals surface area contributed by atoms with E-state index >= 15 is 0 Å². The van der Waals surface area contributed by atoms with Crippen LogP contribution in [0.4, 0.5) is 0 Å². The smallest absolute Gasteiger partial charge is 0.0233 e. The first-order valence-electron chi connectivity index (χ1n) is 7.00. The number of rotatable bonds is 6. The normalized spacial score (nSPS) is 16.9. The van der Waals surface area contributed by atoms with Gasteiger partial charge in [0.2, 0.25) is 0 Å². The molecular formula is C15H24N2S. The first kappa shape index (κ1) is 13.9. The molecule has 0 spiro atoms. The Kier molecular flexibility index (Phi) is 6.05. The molecule has 1 N–H and O–H groups in total. The molecular weight excluding hydrogens is 240 g/mol. The first-order chi connectivity index (χ1) is 8.88. The van der Waals surface area contributed by atoms with Crippen LogP contribution in [-0.4, -0.2) is 30.3 Å². The highest BCUT2D eigenvalue weighted by molar-refractivity contribution is 7.80. The minimum absolute atomic E-state index is 0.896. The summed E-state index contributed by atoms with van der Waals surface area (Å²) in [6, 6.07) is 9.02. The Hall–Kier alpha value is -0.510. The Balaban J connectivity index is 1.79. The Morgan fingerprint density at radius 3 is 2.33 bits per heavy atom. The Bertz CT molecular complexity index is 331. The summed E-state index contributed by atoms with van der Waals surface area (Å²) in [7, 11) is 0. The van der Waals surface area contributed by atoms with Gasteiger partial charge in [0, 0.05) is 25.4 Å². The van der Waals surface area contributed by atoms with E-state index in [1.54, 1.807) is 0 Å². The number of hydrogen-bond donors (Lipinski definition) is 2. The molecule has 1 fully saturated rings. The molecule has 0 aromatic heterocycles. The number of hydrogen-bond acceptors (Lipinski definition) is 3. The van der Waals surface area contributed by atoms with Crippen molar-refractivity contribution < 1.29 is 0 Å². The molecule has 2 nitrogen and oxygen atoms in total. The second-order valence-electron chi connectivity index (χ2n) is 5.05. The van der Waals surface area contributed by atoms with Gasteiger partial charge in [-0.2, -0.15) is 12.6 Å². The van der Waals surface area contributed by atoms with Crippen LogP contribution >= 0.6 is 12.6 Å². The van der Waals surface area contributed by atoms with Crippen molar-refractivity contribution in [1.29, 1.82) is 0 Å². The van der Waals surface area contributed by atoms with Gasteiger partial charge >= 0.3 is 0 Å². The Morgan fingerprint density at radius 1 is 1.00 bits per heavy atom. The van der Waals surface area contributed by atoms with E-state index in [0.717, 1.165) is 25.4 Å². The highest BCUT2D eigenvalue weighted by atomic mass is 32.1. The Morgan fingerprint density at radius 2 is 1.67 bits per heavy atom. The van der Waals surface area contributed by atoms with Crippen molar-refractivity contribution in [3.63, 3.8) is 0 Å². The van der Waals surface area contributed by atoms with Crippen molar-refractivity contribution >= 4 is 12.6 Å². The fourth-order valence-electron chi connectivity index (χ4n) is 2.45. The van der Waals surface area contributed by atoms with Crippen molar-refractivity contribution in [2.45, 2.75) is 32.4 Å². The molecule has 1 aromatic rings. The number of benzene rings is 1. The van der Waals surface area contributed by atoms with E-state index in [1.807, 2.05) is 0 Å². The summed E-state index contributed by atoms with van der Waals surface area (Å²) in [5.74, 6) is 0.896. The lowest BCUT2D eigenvalue weighted by Crippen LogP contribution is -2.29. The van der Waals surface area contributed by atoms with Crippen molar-refractivity contribution in [3.8, 4) is 0 Å². The quantitative estimate of drug-likeness (QED) is 0.607. The lowest BCUT2D eigenvalue weighted by atomic mass is 10.1. The predicted octanol–water partition coefficient (Wildman–Crippen LogP) is 2.69. The van der Waals surface area contributed by atoms with Crippen LogP contribution in [0, 0.1) is 0 Å². The van der Waals surface area contributed by atoms with E-state index in [9.17, 15) is 0 Å². The Labute approximate surface area is 116 Å². The van der Waals surface area contributed by atoms with Gasteiger partial charge in [0.15, 0.2) is 0 Å². The zero-order valence-electron chi connectivity index (χ0n) is 11.1. The summed E-state index contributed by atoms with van der Waals surface area (Å²) in [6.45, 7) is 5.57. The maximum Gasteiger partial charge on any atom is 0.0233 e. The van der Waals surface area contributed by atoms with Crippen LogP contribution in [0.5, 0.6) is 0 Å². The maximum absolute atomic E-state index is 4.19. The number of piperidine rings is 1. The lowest BCUT2D eigenvalue weighted by molar-refractivity contribution is 0.221. The van der Waals surface area contributed by atoms with Crippen LogP contribution in [0.1, 0.15) is 30.4 Å². The van der Waals surface area contributed by atoms with E-state index < -0.39 is 0 Å². The van der Waals surface area contributed by atoms with E-state index in [2.05, 4.69) is 47.1 Å². The average Bonchev–Trinajstić information content (AvgIpc) is 2.42. The van der Waals surface area contributed by atoms with Gasteiger partial charge < -0.3 is 5.32 Å². The number of nitrogens with zero attached hydrogens (tertiary/aromatic N) is 1. The monoisotopic (exact) mass is 264 g/mol. The second kappa shape index (κ2) is 7.82. The zero-order valence-corrected chi connectivity index (χ0v) is 12.0. The minimum Gasteiger partial charge on any atom is -0.312 e. The molecule has 1 heterocycles. The molecule has 100 valence electrons. The summed E-state index contributed by atoms with van der Waals surface area (Å²) in [5.41, 5.74) is 2.80. The van der Waals surface area contributed by atoms with Crippen molar-refractivity contribution in [1.82, 2.24) is 10.2 Å². The van der Waals surface area contributed by atoms with Gasteiger partial charge in [-0.05, 0) is 37.1 Å². The van der Waals surface area contributed by atoms with Gasteiger partial charge in [0.05, 0.1) is 0 Å². The lowest BCUT2D eigenvalue weighted by Gasteiger charge is -2.26. The highest BCUT2D eigenvalue weighted by Gasteiger charge is 2.09. The summed E-state index contributed by atoms with van der Waals surface area (Å²) in [4.78, 5) is 2.57. The molecule has 0 aliphatic carbocycles. The van der Waals surface area contributed by atoms with Crippen molar-refractivity contribution in [2.75, 3.05) is 25.4 Å². The number of thiol groups is 1. The molecule has 0 amide bonds. The molecule has 2 rings (SSSR count). The summed E-state index contributed by atoms with van der Waals surface area (Å²) in [5, 5.41) is 3.37. The number of likely N-dealkylation sites (tertiary alicyclic amines) is 1. The fourth-order valence-corrected chi connectivity index (χ4v) is 2.61. The standard InChI is InChI=1S/C15H24N2S/c18-11-8-16-12-14-4-6-15(7-5-14)13-17-9-2-1-3-10-17/h4-7,16,18H,1-3,8-13H2. The maximum atomic E-state index is 4.19. The molecule has 1 aromatic carbocycles. The fraction of sp³-hybridized carbons (Fsp3) is 0.600.